The molecule has 0 N–H and O–H groups in total. The maximum atomic E-state index is 12.8. The van der Waals surface area contributed by atoms with E-state index in [0.717, 1.165) is 19.3 Å². The lowest BCUT2D eigenvalue weighted by molar-refractivity contribution is 0.0688. The number of ether oxygens (including phenoxy) is 2. The zero-order valence-electron chi connectivity index (χ0n) is 11.8. The molecule has 1 fully saturated rings. The second-order valence-electron chi connectivity index (χ2n) is 5.28. The lowest BCUT2D eigenvalue weighted by atomic mass is 10.1. The van der Waals surface area contributed by atoms with Crippen molar-refractivity contribution in [1.82, 2.24) is 4.90 Å². The second-order valence-corrected chi connectivity index (χ2v) is 5.28. The molecule has 3 rings (SSSR count). The van der Waals surface area contributed by atoms with Gasteiger partial charge in [-0.05, 0) is 31.4 Å². The number of fused-ring (bicyclic) bond motifs is 2. The molecule has 2 heterocycles. The number of hydrogen-bond donors (Lipinski definition) is 0. The van der Waals surface area contributed by atoms with E-state index in [1.807, 2.05) is 4.90 Å². The van der Waals surface area contributed by atoms with E-state index < -0.39 is 0 Å². The highest BCUT2D eigenvalue weighted by Gasteiger charge is 2.37. The van der Waals surface area contributed by atoms with Crippen LogP contribution in [0.4, 0.5) is 0 Å². The molecule has 1 aromatic rings. The third kappa shape index (κ3) is 2.15. The molecule has 2 unspecified atom stereocenters. The van der Waals surface area contributed by atoms with Crippen molar-refractivity contribution in [2.24, 2.45) is 0 Å². The third-order valence-electron chi connectivity index (χ3n) is 4.15. The third-order valence-corrected chi connectivity index (χ3v) is 4.15. The number of benzene rings is 1. The van der Waals surface area contributed by atoms with Crippen LogP contribution in [0, 0.1) is 0 Å². The summed E-state index contributed by atoms with van der Waals surface area (Å²) in [6, 6.07) is 5.93. The molecule has 4 heteroatoms. The number of carbonyl (C=O) groups is 1. The normalized spacial score (nSPS) is 23.8. The number of nitrogens with zero attached hydrogens (tertiary/aromatic N) is 1. The molecule has 1 saturated heterocycles. The molecule has 2 bridgehead atoms. The molecule has 0 aliphatic carbocycles. The first-order valence-corrected chi connectivity index (χ1v) is 6.95. The van der Waals surface area contributed by atoms with E-state index in [1.54, 1.807) is 32.4 Å². The van der Waals surface area contributed by atoms with E-state index in [9.17, 15) is 4.79 Å². The molecule has 0 spiro atoms. The minimum Gasteiger partial charge on any atom is -0.497 e. The van der Waals surface area contributed by atoms with Crippen LogP contribution < -0.4 is 9.47 Å². The van der Waals surface area contributed by atoms with Crippen molar-refractivity contribution < 1.29 is 14.3 Å². The fourth-order valence-electron chi connectivity index (χ4n) is 3.12. The largest absolute Gasteiger partial charge is 0.497 e. The highest BCUT2D eigenvalue weighted by Crippen LogP contribution is 2.34. The molecule has 2 aliphatic rings. The van der Waals surface area contributed by atoms with Gasteiger partial charge in [0.25, 0.3) is 5.91 Å². The van der Waals surface area contributed by atoms with Gasteiger partial charge in [0.05, 0.1) is 20.3 Å². The van der Waals surface area contributed by atoms with Crippen LogP contribution in [0.5, 0.6) is 11.5 Å². The molecule has 1 aromatic carbocycles. The van der Waals surface area contributed by atoms with E-state index in [-0.39, 0.29) is 11.9 Å². The quantitative estimate of drug-likeness (QED) is 0.795. The molecule has 4 nitrogen and oxygen atoms in total. The summed E-state index contributed by atoms with van der Waals surface area (Å²) in [7, 11) is 3.19. The van der Waals surface area contributed by atoms with Crippen molar-refractivity contribution >= 4 is 5.91 Å². The van der Waals surface area contributed by atoms with Crippen LogP contribution >= 0.6 is 0 Å². The van der Waals surface area contributed by atoms with E-state index in [2.05, 4.69) is 12.2 Å². The lowest BCUT2D eigenvalue weighted by Crippen LogP contribution is -2.42. The van der Waals surface area contributed by atoms with Crippen LogP contribution in [-0.4, -0.2) is 37.1 Å². The Morgan fingerprint density at radius 1 is 1.15 bits per heavy atom. The Balaban J connectivity index is 1.92. The SMILES string of the molecule is COc1cc(OC)cc(C(=O)N2C3C=CCC2CC3)c1. The zero-order chi connectivity index (χ0) is 14.1. The van der Waals surface area contributed by atoms with Gasteiger partial charge < -0.3 is 14.4 Å². The topological polar surface area (TPSA) is 38.8 Å². The Morgan fingerprint density at radius 2 is 1.85 bits per heavy atom. The van der Waals surface area contributed by atoms with E-state index in [0.29, 0.717) is 23.1 Å². The summed E-state index contributed by atoms with van der Waals surface area (Å²) in [5, 5.41) is 0. The van der Waals surface area contributed by atoms with Gasteiger partial charge in [-0.25, -0.2) is 0 Å². The van der Waals surface area contributed by atoms with E-state index in [4.69, 9.17) is 9.47 Å². The van der Waals surface area contributed by atoms with Gasteiger partial charge in [-0.1, -0.05) is 12.2 Å². The number of hydrogen-bond acceptors (Lipinski definition) is 3. The van der Waals surface area contributed by atoms with Crippen molar-refractivity contribution in [3.05, 3.63) is 35.9 Å². The number of methoxy groups -OCH3 is 2. The second kappa shape index (κ2) is 5.19. The highest BCUT2D eigenvalue weighted by atomic mass is 16.5. The molecular weight excluding hydrogens is 254 g/mol. The molecule has 0 aromatic heterocycles. The van der Waals surface area contributed by atoms with Crippen LogP contribution in [0.15, 0.2) is 30.4 Å². The summed E-state index contributed by atoms with van der Waals surface area (Å²) in [5.41, 5.74) is 0.633. The maximum absolute atomic E-state index is 12.8. The molecule has 2 aliphatic heterocycles. The van der Waals surface area contributed by atoms with Gasteiger partial charge in [0.2, 0.25) is 0 Å². The summed E-state index contributed by atoms with van der Waals surface area (Å²) in [5.74, 6) is 1.36. The Bertz CT molecular complexity index is 530. The van der Waals surface area contributed by atoms with Crippen molar-refractivity contribution in [3.63, 3.8) is 0 Å². The van der Waals surface area contributed by atoms with Crippen molar-refractivity contribution in [2.75, 3.05) is 14.2 Å². The van der Waals surface area contributed by atoms with E-state index >= 15 is 0 Å². The predicted molar refractivity (Wildman–Crippen MR) is 76.3 cm³/mol. The summed E-state index contributed by atoms with van der Waals surface area (Å²) in [4.78, 5) is 14.8. The standard InChI is InChI=1S/C16H19NO3/c1-19-14-8-11(9-15(10-14)20-2)16(18)17-12-4-3-5-13(17)7-6-12/h3-4,8-10,12-13H,5-7H2,1-2H3. The first-order chi connectivity index (χ1) is 9.72. The fourth-order valence-corrected chi connectivity index (χ4v) is 3.12. The van der Waals surface area contributed by atoms with Crippen molar-refractivity contribution in [2.45, 2.75) is 31.3 Å². The summed E-state index contributed by atoms with van der Waals surface area (Å²) >= 11 is 0. The van der Waals surface area contributed by atoms with Gasteiger partial charge in [-0.2, -0.15) is 0 Å². The molecule has 0 saturated carbocycles. The fraction of sp³-hybridized carbons (Fsp3) is 0.438. The monoisotopic (exact) mass is 273 g/mol. The zero-order valence-corrected chi connectivity index (χ0v) is 11.8. The van der Waals surface area contributed by atoms with Crippen molar-refractivity contribution in [1.29, 1.82) is 0 Å². The van der Waals surface area contributed by atoms with Crippen LogP contribution in [0.25, 0.3) is 0 Å². The molecule has 106 valence electrons. The van der Waals surface area contributed by atoms with Gasteiger partial charge >= 0.3 is 0 Å². The summed E-state index contributed by atoms with van der Waals surface area (Å²) < 4.78 is 10.5. The van der Waals surface area contributed by atoms with Crippen LogP contribution in [0.2, 0.25) is 0 Å². The number of carbonyl (C=O) groups excluding carboxylic acids is 1. The number of amides is 1. The average molecular weight is 273 g/mol. The number of rotatable bonds is 3. The van der Waals surface area contributed by atoms with Crippen LogP contribution in [0.3, 0.4) is 0 Å². The van der Waals surface area contributed by atoms with Gasteiger partial charge in [-0.15, -0.1) is 0 Å². The van der Waals surface area contributed by atoms with Crippen LogP contribution in [-0.2, 0) is 0 Å². The smallest absolute Gasteiger partial charge is 0.254 e. The average Bonchev–Trinajstić information content (AvgIpc) is 2.74. The van der Waals surface area contributed by atoms with E-state index in [1.165, 1.54) is 0 Å². The summed E-state index contributed by atoms with van der Waals surface area (Å²) in [6.07, 6.45) is 7.46. The molecule has 20 heavy (non-hydrogen) atoms. The first kappa shape index (κ1) is 13.0. The lowest BCUT2D eigenvalue weighted by Gasteiger charge is -2.31. The minimum atomic E-state index is 0.0686. The highest BCUT2D eigenvalue weighted by molar-refractivity contribution is 5.96. The molecule has 1 amide bonds. The van der Waals surface area contributed by atoms with Gasteiger partial charge in [-0.3, -0.25) is 4.79 Å². The maximum Gasteiger partial charge on any atom is 0.254 e. The minimum absolute atomic E-state index is 0.0686. The summed E-state index contributed by atoms with van der Waals surface area (Å²) in [6.45, 7) is 0. The van der Waals surface area contributed by atoms with Crippen molar-refractivity contribution in [3.8, 4) is 11.5 Å². The van der Waals surface area contributed by atoms with Gasteiger partial charge in [0, 0.05) is 17.7 Å². The first-order valence-electron chi connectivity index (χ1n) is 6.95. The molecular formula is C16H19NO3. The van der Waals surface area contributed by atoms with Gasteiger partial charge in [0.15, 0.2) is 0 Å². The molecule has 2 atom stereocenters. The Hall–Kier alpha value is -1.97. The Morgan fingerprint density at radius 3 is 2.45 bits per heavy atom. The predicted octanol–water partition coefficient (Wildman–Crippen LogP) is 2.64. The van der Waals surface area contributed by atoms with Gasteiger partial charge in [0.1, 0.15) is 11.5 Å². The molecule has 0 radical (unpaired) electrons. The Labute approximate surface area is 119 Å². The Kier molecular flexibility index (Phi) is 3.38. The van der Waals surface area contributed by atoms with Crippen LogP contribution in [0.1, 0.15) is 29.6 Å².